The topological polar surface area (TPSA) is 49.9 Å². The van der Waals surface area contributed by atoms with Gasteiger partial charge in [0, 0.05) is 5.71 Å². The number of hydrogen-bond donors (Lipinski definition) is 2. The van der Waals surface area contributed by atoms with Crippen molar-refractivity contribution in [3.05, 3.63) is 29.6 Å². The molecule has 1 aromatic rings. The van der Waals surface area contributed by atoms with E-state index in [0.29, 0.717) is 5.71 Å². The lowest BCUT2D eigenvalue weighted by Crippen LogP contribution is -2.01. The van der Waals surface area contributed by atoms with E-state index < -0.39 is 5.82 Å². The van der Waals surface area contributed by atoms with Gasteiger partial charge in [-0.15, -0.1) is 0 Å². The average molecular weight is 206 g/mol. The van der Waals surface area contributed by atoms with Gasteiger partial charge in [-0.1, -0.05) is 18.9 Å². The van der Waals surface area contributed by atoms with Crippen LogP contribution in [0, 0.1) is 17.1 Å². The third-order valence-corrected chi connectivity index (χ3v) is 2.84. The summed E-state index contributed by atoms with van der Waals surface area (Å²) in [6, 6.07) is 4.50. The third kappa shape index (κ3) is 2.55. The van der Waals surface area contributed by atoms with E-state index in [2.05, 4.69) is 0 Å². The molecule has 1 aliphatic rings. The Labute approximate surface area is 88.8 Å². The number of benzene rings is 1. The number of rotatable bonds is 4. The molecule has 1 aliphatic carbocycles. The first-order chi connectivity index (χ1) is 7.16. The number of anilines is 1. The van der Waals surface area contributed by atoms with Crippen LogP contribution < -0.4 is 5.73 Å². The highest BCUT2D eigenvalue weighted by atomic mass is 19.1. The van der Waals surface area contributed by atoms with Crippen LogP contribution in [0.2, 0.25) is 0 Å². The molecule has 2 rings (SSSR count). The molecular weight excluding hydrogens is 191 g/mol. The molecule has 0 atom stereocenters. The average Bonchev–Trinajstić information content (AvgIpc) is 3.02. The zero-order valence-electron chi connectivity index (χ0n) is 8.59. The van der Waals surface area contributed by atoms with Crippen molar-refractivity contribution in [1.29, 1.82) is 5.41 Å². The molecule has 0 heterocycles. The van der Waals surface area contributed by atoms with Crippen LogP contribution in [-0.2, 0) is 0 Å². The Morgan fingerprint density at radius 2 is 2.20 bits per heavy atom. The Kier molecular flexibility index (Phi) is 2.71. The van der Waals surface area contributed by atoms with Crippen molar-refractivity contribution in [1.82, 2.24) is 0 Å². The number of nitrogens with one attached hydrogen (secondary N) is 1. The van der Waals surface area contributed by atoms with Crippen molar-refractivity contribution in [3.8, 4) is 0 Å². The van der Waals surface area contributed by atoms with E-state index in [1.165, 1.54) is 18.9 Å². The fourth-order valence-corrected chi connectivity index (χ4v) is 1.63. The van der Waals surface area contributed by atoms with E-state index >= 15 is 0 Å². The van der Waals surface area contributed by atoms with Crippen molar-refractivity contribution in [2.75, 3.05) is 5.73 Å². The van der Waals surface area contributed by atoms with Gasteiger partial charge in [0.15, 0.2) is 0 Å². The van der Waals surface area contributed by atoms with Crippen LogP contribution in [0.25, 0.3) is 0 Å². The monoisotopic (exact) mass is 206 g/mol. The normalized spacial score (nSPS) is 15.3. The Hall–Kier alpha value is -1.38. The Balaban J connectivity index is 2.00. The van der Waals surface area contributed by atoms with Crippen LogP contribution in [0.5, 0.6) is 0 Å². The second-order valence-corrected chi connectivity index (χ2v) is 4.20. The maximum absolute atomic E-state index is 12.9. The van der Waals surface area contributed by atoms with Gasteiger partial charge in [0.1, 0.15) is 5.82 Å². The fraction of sp³-hybridized carbons (Fsp3) is 0.417. The molecule has 1 fully saturated rings. The van der Waals surface area contributed by atoms with Crippen molar-refractivity contribution >= 4 is 11.4 Å². The zero-order valence-corrected chi connectivity index (χ0v) is 8.59. The molecule has 0 amide bonds. The third-order valence-electron chi connectivity index (χ3n) is 2.84. The fourth-order valence-electron chi connectivity index (χ4n) is 1.63. The molecule has 0 radical (unpaired) electrons. The minimum absolute atomic E-state index is 0.128. The molecule has 80 valence electrons. The number of nitrogen functional groups attached to an aromatic ring is 1. The van der Waals surface area contributed by atoms with Crippen LogP contribution in [0.1, 0.15) is 31.2 Å². The Bertz CT molecular complexity index is 383. The maximum Gasteiger partial charge on any atom is 0.146 e. The van der Waals surface area contributed by atoms with E-state index in [9.17, 15) is 4.39 Å². The molecule has 1 aromatic carbocycles. The zero-order chi connectivity index (χ0) is 10.8. The van der Waals surface area contributed by atoms with Gasteiger partial charge in [-0.25, -0.2) is 4.39 Å². The highest BCUT2D eigenvalue weighted by Crippen LogP contribution is 2.33. The standard InChI is InChI=1S/C12H15FN2/c13-10-5-4-9(7-12(10)15)11(14)6-3-8-1-2-8/h4-5,7-8,14H,1-3,6,15H2. The largest absolute Gasteiger partial charge is 0.396 e. The second kappa shape index (κ2) is 4.01. The van der Waals surface area contributed by atoms with Crippen LogP contribution >= 0.6 is 0 Å². The van der Waals surface area contributed by atoms with Gasteiger partial charge >= 0.3 is 0 Å². The minimum Gasteiger partial charge on any atom is -0.396 e. The van der Waals surface area contributed by atoms with Gasteiger partial charge in [0.25, 0.3) is 0 Å². The summed E-state index contributed by atoms with van der Waals surface area (Å²) in [6.45, 7) is 0. The summed E-state index contributed by atoms with van der Waals surface area (Å²) >= 11 is 0. The quantitative estimate of drug-likeness (QED) is 0.577. The molecule has 0 aliphatic heterocycles. The summed E-state index contributed by atoms with van der Waals surface area (Å²) in [7, 11) is 0. The highest BCUT2D eigenvalue weighted by Gasteiger charge is 2.21. The SMILES string of the molecule is N=C(CCC1CC1)c1ccc(F)c(N)c1. The van der Waals surface area contributed by atoms with Crippen molar-refractivity contribution in [2.45, 2.75) is 25.7 Å². The Morgan fingerprint density at radius 3 is 2.80 bits per heavy atom. The van der Waals surface area contributed by atoms with Crippen LogP contribution in [0.4, 0.5) is 10.1 Å². The van der Waals surface area contributed by atoms with Gasteiger partial charge in [0.05, 0.1) is 5.69 Å². The molecule has 0 spiro atoms. The molecule has 0 saturated heterocycles. The van der Waals surface area contributed by atoms with Crippen LogP contribution in [-0.4, -0.2) is 5.71 Å². The van der Waals surface area contributed by atoms with Gasteiger partial charge in [-0.2, -0.15) is 0 Å². The summed E-state index contributed by atoms with van der Waals surface area (Å²) in [4.78, 5) is 0. The van der Waals surface area contributed by atoms with Gasteiger partial charge in [-0.05, 0) is 36.5 Å². The number of halogens is 1. The van der Waals surface area contributed by atoms with E-state index in [4.69, 9.17) is 11.1 Å². The maximum atomic E-state index is 12.9. The first-order valence-electron chi connectivity index (χ1n) is 5.29. The van der Waals surface area contributed by atoms with Gasteiger partial charge in [0.2, 0.25) is 0 Å². The van der Waals surface area contributed by atoms with Gasteiger partial charge < -0.3 is 11.1 Å². The molecule has 0 bridgehead atoms. The van der Waals surface area contributed by atoms with E-state index in [1.807, 2.05) is 0 Å². The Morgan fingerprint density at radius 1 is 1.47 bits per heavy atom. The summed E-state index contributed by atoms with van der Waals surface area (Å²) < 4.78 is 12.9. The molecule has 1 saturated carbocycles. The van der Waals surface area contributed by atoms with Crippen molar-refractivity contribution < 1.29 is 4.39 Å². The van der Waals surface area contributed by atoms with Crippen molar-refractivity contribution in [2.24, 2.45) is 5.92 Å². The molecule has 3 N–H and O–H groups in total. The van der Waals surface area contributed by atoms with E-state index in [0.717, 1.165) is 24.3 Å². The smallest absolute Gasteiger partial charge is 0.146 e. The molecule has 0 aromatic heterocycles. The number of hydrogen-bond acceptors (Lipinski definition) is 2. The first kappa shape index (κ1) is 10.1. The lowest BCUT2D eigenvalue weighted by molar-refractivity contribution is 0.632. The predicted molar refractivity (Wildman–Crippen MR) is 59.6 cm³/mol. The van der Waals surface area contributed by atoms with E-state index in [-0.39, 0.29) is 5.69 Å². The first-order valence-corrected chi connectivity index (χ1v) is 5.29. The lowest BCUT2D eigenvalue weighted by Gasteiger charge is -2.05. The summed E-state index contributed by atoms with van der Waals surface area (Å²) in [6.07, 6.45) is 4.46. The summed E-state index contributed by atoms with van der Waals surface area (Å²) in [5.74, 6) is 0.414. The van der Waals surface area contributed by atoms with Crippen molar-refractivity contribution in [3.63, 3.8) is 0 Å². The predicted octanol–water partition coefficient (Wildman–Crippen LogP) is 2.97. The number of nitrogens with two attached hydrogens (primary N) is 1. The molecule has 0 unspecified atom stereocenters. The molecular formula is C12H15FN2. The van der Waals surface area contributed by atoms with Crippen LogP contribution in [0.15, 0.2) is 18.2 Å². The molecule has 2 nitrogen and oxygen atoms in total. The minimum atomic E-state index is -0.409. The summed E-state index contributed by atoms with van der Waals surface area (Å²) in [5, 5.41) is 7.84. The van der Waals surface area contributed by atoms with Gasteiger partial charge in [-0.3, -0.25) is 0 Å². The molecule has 3 heteroatoms. The van der Waals surface area contributed by atoms with Crippen LogP contribution in [0.3, 0.4) is 0 Å². The molecule has 15 heavy (non-hydrogen) atoms. The second-order valence-electron chi connectivity index (χ2n) is 4.20. The van der Waals surface area contributed by atoms with E-state index in [1.54, 1.807) is 12.1 Å². The summed E-state index contributed by atoms with van der Waals surface area (Å²) in [5.41, 5.74) is 6.89. The highest BCUT2D eigenvalue weighted by molar-refractivity contribution is 5.98. The lowest BCUT2D eigenvalue weighted by atomic mass is 10.0.